The first-order valence-electron chi connectivity index (χ1n) is 9.59. The molecule has 1 saturated carbocycles. The van der Waals surface area contributed by atoms with Gasteiger partial charge in [-0.15, -0.1) is 11.3 Å². The van der Waals surface area contributed by atoms with Gasteiger partial charge in [0.1, 0.15) is 33.8 Å². The van der Waals surface area contributed by atoms with E-state index in [-0.39, 0.29) is 28.4 Å². The number of carbonyl (C=O) groups is 1. The number of halogens is 2. The van der Waals surface area contributed by atoms with E-state index in [4.69, 9.17) is 10.5 Å². The Kier molecular flexibility index (Phi) is 6.01. The van der Waals surface area contributed by atoms with Gasteiger partial charge >= 0.3 is 0 Å². The van der Waals surface area contributed by atoms with E-state index in [9.17, 15) is 13.6 Å². The van der Waals surface area contributed by atoms with Crippen molar-refractivity contribution in [1.29, 1.82) is 0 Å². The molecule has 3 aromatic rings. The van der Waals surface area contributed by atoms with Crippen molar-refractivity contribution >= 4 is 22.9 Å². The second kappa shape index (κ2) is 8.85. The molecular formula is C21H20F2N4O2S. The summed E-state index contributed by atoms with van der Waals surface area (Å²) >= 11 is 0.992. The minimum Gasteiger partial charge on any atom is -0.488 e. The largest absolute Gasteiger partial charge is 0.488 e. The lowest BCUT2D eigenvalue weighted by molar-refractivity contribution is 0.102. The van der Waals surface area contributed by atoms with Crippen LogP contribution in [-0.2, 0) is 0 Å². The Balaban J connectivity index is 1.49. The number of hydrogen-bond acceptors (Lipinski definition) is 6. The molecule has 0 radical (unpaired) electrons. The lowest BCUT2D eigenvalue weighted by Crippen LogP contribution is -2.31. The highest BCUT2D eigenvalue weighted by Crippen LogP contribution is 2.31. The topological polar surface area (TPSA) is 90.1 Å². The van der Waals surface area contributed by atoms with Gasteiger partial charge in [0.05, 0.1) is 17.9 Å². The maximum Gasteiger partial charge on any atom is 0.275 e. The number of nitrogens with zero attached hydrogens (tertiary/aromatic N) is 2. The van der Waals surface area contributed by atoms with Crippen LogP contribution in [0.3, 0.4) is 0 Å². The number of nitrogens with two attached hydrogens (primary N) is 1. The average molecular weight is 430 g/mol. The molecule has 1 aromatic carbocycles. The Labute approximate surface area is 176 Å². The third-order valence-electron chi connectivity index (χ3n) is 4.96. The standard InChI is InChI=1S/C21H20F2N4O2S/c22-14-2-1-3-15(23)19(14)21-27-17(11-30-21)20(28)26-16-10-25-9-8-18(16)29-13-6-4-12(24)5-7-13/h1-3,8-13H,4-7,24H2,(H,26,28)/t12-,13+. The number of aromatic nitrogens is 2. The number of nitrogens with one attached hydrogen (secondary N) is 1. The minimum atomic E-state index is -0.730. The fraction of sp³-hybridized carbons (Fsp3) is 0.286. The SMILES string of the molecule is N[C@H]1CC[C@@H](Oc2ccncc2NC(=O)c2csc(-c3c(F)cccc3F)n2)CC1. The van der Waals surface area contributed by atoms with E-state index in [2.05, 4.69) is 15.3 Å². The molecule has 156 valence electrons. The highest BCUT2D eigenvalue weighted by molar-refractivity contribution is 7.13. The number of benzene rings is 1. The van der Waals surface area contributed by atoms with E-state index in [1.54, 1.807) is 12.3 Å². The summed E-state index contributed by atoms with van der Waals surface area (Å²) in [5.41, 5.74) is 6.15. The average Bonchev–Trinajstić information content (AvgIpc) is 3.21. The van der Waals surface area contributed by atoms with Crippen molar-refractivity contribution in [2.45, 2.75) is 37.8 Å². The normalized spacial score (nSPS) is 18.8. The molecule has 0 aliphatic heterocycles. The molecule has 1 fully saturated rings. The molecular weight excluding hydrogens is 410 g/mol. The van der Waals surface area contributed by atoms with Crippen LogP contribution in [0.2, 0.25) is 0 Å². The maximum absolute atomic E-state index is 14.0. The molecule has 1 aliphatic rings. The Morgan fingerprint density at radius 1 is 1.17 bits per heavy atom. The van der Waals surface area contributed by atoms with Gasteiger partial charge in [0.15, 0.2) is 0 Å². The van der Waals surface area contributed by atoms with E-state index in [0.29, 0.717) is 11.4 Å². The van der Waals surface area contributed by atoms with Gasteiger partial charge in [-0.3, -0.25) is 9.78 Å². The summed E-state index contributed by atoms with van der Waals surface area (Å²) in [7, 11) is 0. The third kappa shape index (κ3) is 4.47. The smallest absolute Gasteiger partial charge is 0.275 e. The van der Waals surface area contributed by atoms with E-state index >= 15 is 0 Å². The fourth-order valence-electron chi connectivity index (χ4n) is 3.35. The van der Waals surface area contributed by atoms with Crippen LogP contribution >= 0.6 is 11.3 Å². The molecule has 0 unspecified atom stereocenters. The Morgan fingerprint density at radius 3 is 2.63 bits per heavy atom. The molecule has 1 amide bonds. The molecule has 30 heavy (non-hydrogen) atoms. The lowest BCUT2D eigenvalue weighted by atomic mass is 9.94. The first-order chi connectivity index (χ1) is 14.5. The number of thiazole rings is 1. The second-order valence-electron chi connectivity index (χ2n) is 7.12. The maximum atomic E-state index is 14.0. The number of pyridine rings is 1. The highest BCUT2D eigenvalue weighted by atomic mass is 32.1. The molecule has 4 rings (SSSR count). The van der Waals surface area contributed by atoms with Gasteiger partial charge in [0, 0.05) is 23.7 Å². The minimum absolute atomic E-state index is 0.0257. The molecule has 6 nitrogen and oxygen atoms in total. The number of ether oxygens (including phenoxy) is 1. The molecule has 2 aromatic heterocycles. The van der Waals surface area contributed by atoms with Crippen molar-refractivity contribution < 1.29 is 18.3 Å². The Morgan fingerprint density at radius 2 is 1.90 bits per heavy atom. The monoisotopic (exact) mass is 430 g/mol. The zero-order valence-corrected chi connectivity index (χ0v) is 16.8. The van der Waals surface area contributed by atoms with Gasteiger partial charge in [0.25, 0.3) is 5.91 Å². The van der Waals surface area contributed by atoms with E-state index in [1.807, 2.05) is 0 Å². The summed E-state index contributed by atoms with van der Waals surface area (Å²) in [6, 6.07) is 5.47. The predicted octanol–water partition coefficient (Wildman–Crippen LogP) is 4.38. The predicted molar refractivity (Wildman–Crippen MR) is 111 cm³/mol. The molecule has 0 atom stereocenters. The van der Waals surface area contributed by atoms with E-state index in [1.165, 1.54) is 17.6 Å². The third-order valence-corrected chi connectivity index (χ3v) is 5.82. The summed E-state index contributed by atoms with van der Waals surface area (Å²) in [6.07, 6.45) is 6.59. The summed E-state index contributed by atoms with van der Waals surface area (Å²) in [6.45, 7) is 0. The van der Waals surface area contributed by atoms with Gasteiger partial charge in [-0.05, 0) is 37.8 Å². The van der Waals surface area contributed by atoms with Crippen LogP contribution in [0, 0.1) is 11.6 Å². The van der Waals surface area contributed by atoms with Crippen molar-refractivity contribution in [1.82, 2.24) is 9.97 Å². The number of carbonyl (C=O) groups excluding carboxylic acids is 1. The molecule has 1 aliphatic carbocycles. The molecule has 0 saturated heterocycles. The number of amides is 1. The van der Waals surface area contributed by atoms with Crippen LogP contribution in [-0.4, -0.2) is 28.0 Å². The quantitative estimate of drug-likeness (QED) is 0.627. The van der Waals surface area contributed by atoms with Gasteiger partial charge in [-0.2, -0.15) is 0 Å². The fourth-order valence-corrected chi connectivity index (χ4v) is 4.19. The molecule has 9 heteroatoms. The molecule has 2 heterocycles. The molecule has 0 spiro atoms. The van der Waals surface area contributed by atoms with E-state index < -0.39 is 17.5 Å². The van der Waals surface area contributed by atoms with Crippen molar-refractivity contribution in [2.75, 3.05) is 5.32 Å². The first kappa shape index (κ1) is 20.4. The van der Waals surface area contributed by atoms with Gasteiger partial charge in [-0.1, -0.05) is 6.07 Å². The Hall–Kier alpha value is -2.91. The van der Waals surface area contributed by atoms with Crippen molar-refractivity contribution in [3.63, 3.8) is 0 Å². The first-order valence-corrected chi connectivity index (χ1v) is 10.5. The lowest BCUT2D eigenvalue weighted by Gasteiger charge is -2.27. The van der Waals surface area contributed by atoms with Crippen molar-refractivity contribution in [2.24, 2.45) is 5.73 Å². The summed E-state index contributed by atoms with van der Waals surface area (Å²) < 4.78 is 34.0. The van der Waals surface area contributed by atoms with Crippen LogP contribution in [0.4, 0.5) is 14.5 Å². The van der Waals surface area contributed by atoms with E-state index in [0.717, 1.165) is 49.2 Å². The molecule has 3 N–H and O–H groups in total. The number of rotatable bonds is 5. The summed E-state index contributed by atoms with van der Waals surface area (Å²) in [4.78, 5) is 20.8. The van der Waals surface area contributed by atoms with Crippen molar-refractivity contribution in [3.8, 4) is 16.3 Å². The van der Waals surface area contributed by atoms with Gasteiger partial charge in [0.2, 0.25) is 0 Å². The Bertz CT molecular complexity index is 1030. The van der Waals surface area contributed by atoms with Gasteiger partial charge < -0.3 is 15.8 Å². The summed E-state index contributed by atoms with van der Waals surface area (Å²) in [5, 5.41) is 4.27. The zero-order chi connectivity index (χ0) is 21.1. The number of hydrogen-bond donors (Lipinski definition) is 2. The van der Waals surface area contributed by atoms with Crippen LogP contribution < -0.4 is 15.8 Å². The highest BCUT2D eigenvalue weighted by Gasteiger charge is 2.22. The second-order valence-corrected chi connectivity index (χ2v) is 7.97. The summed E-state index contributed by atoms with van der Waals surface area (Å²) in [5.74, 6) is -1.47. The van der Waals surface area contributed by atoms with Crippen LogP contribution in [0.25, 0.3) is 10.6 Å². The van der Waals surface area contributed by atoms with Gasteiger partial charge in [-0.25, -0.2) is 13.8 Å². The van der Waals surface area contributed by atoms with Crippen molar-refractivity contribution in [3.05, 3.63) is 59.4 Å². The zero-order valence-electron chi connectivity index (χ0n) is 16.0. The van der Waals surface area contributed by atoms with Crippen LogP contribution in [0.5, 0.6) is 5.75 Å². The van der Waals surface area contributed by atoms with Crippen LogP contribution in [0.15, 0.2) is 42.0 Å². The van der Waals surface area contributed by atoms with Crippen LogP contribution in [0.1, 0.15) is 36.2 Å². The number of anilines is 1. The molecule has 0 bridgehead atoms.